The third-order valence-electron chi connectivity index (χ3n) is 3.31. The van der Waals surface area contributed by atoms with E-state index in [4.69, 9.17) is 4.74 Å². The normalized spacial score (nSPS) is 25.4. The Morgan fingerprint density at radius 3 is 2.50 bits per heavy atom. The molecular weight excluding hydrogens is 202 g/mol. The fourth-order valence-electron chi connectivity index (χ4n) is 2.28. The first-order chi connectivity index (χ1) is 7.77. The molecule has 0 amide bonds. The molecule has 0 aromatic rings. The Labute approximate surface area is 98.9 Å². The maximum atomic E-state index is 11.5. The molecule has 0 aromatic carbocycles. The molecule has 0 bridgehead atoms. The van der Waals surface area contributed by atoms with E-state index in [1.165, 1.54) is 12.8 Å². The van der Waals surface area contributed by atoms with E-state index in [9.17, 15) is 4.79 Å². The second kappa shape index (κ2) is 7.66. The summed E-state index contributed by atoms with van der Waals surface area (Å²) >= 11 is 0. The van der Waals surface area contributed by atoms with Gasteiger partial charge in [-0.25, -0.2) is 0 Å². The van der Waals surface area contributed by atoms with Gasteiger partial charge in [-0.1, -0.05) is 13.3 Å². The van der Waals surface area contributed by atoms with Crippen LogP contribution in [0.25, 0.3) is 0 Å². The highest BCUT2D eigenvalue weighted by molar-refractivity contribution is 5.72. The molecule has 94 valence electrons. The Balaban J connectivity index is 2.15. The molecule has 3 heteroatoms. The van der Waals surface area contributed by atoms with Crippen LogP contribution in [0.2, 0.25) is 0 Å². The lowest BCUT2D eigenvalue weighted by atomic mass is 9.86. The van der Waals surface area contributed by atoms with Crippen molar-refractivity contribution in [3.8, 4) is 0 Å². The topological polar surface area (TPSA) is 38.3 Å². The Morgan fingerprint density at radius 2 is 1.94 bits per heavy atom. The number of carbonyl (C=O) groups excluding carboxylic acids is 1. The molecular formula is C13H25NO2. The monoisotopic (exact) mass is 227 g/mol. The molecule has 3 nitrogen and oxygen atoms in total. The van der Waals surface area contributed by atoms with Crippen LogP contribution in [-0.2, 0) is 9.53 Å². The van der Waals surface area contributed by atoms with E-state index in [2.05, 4.69) is 12.2 Å². The largest absolute Gasteiger partial charge is 0.466 e. The van der Waals surface area contributed by atoms with Gasteiger partial charge in [0.15, 0.2) is 0 Å². The molecule has 0 unspecified atom stereocenters. The van der Waals surface area contributed by atoms with Gasteiger partial charge >= 0.3 is 5.97 Å². The Kier molecular flexibility index (Phi) is 6.46. The molecule has 0 aliphatic heterocycles. The molecule has 1 saturated carbocycles. The highest BCUT2D eigenvalue weighted by Crippen LogP contribution is 2.25. The van der Waals surface area contributed by atoms with Crippen LogP contribution in [0.1, 0.15) is 52.4 Å². The molecule has 1 aliphatic carbocycles. The standard InChI is InChI=1S/C13H25NO2/c1-3-5-10-14-12-8-6-11(7-9-12)13(15)16-4-2/h11-12,14H,3-10H2,1-2H3. The van der Waals surface area contributed by atoms with Crippen molar-refractivity contribution >= 4 is 5.97 Å². The lowest BCUT2D eigenvalue weighted by molar-refractivity contribution is -0.149. The highest BCUT2D eigenvalue weighted by atomic mass is 16.5. The fraction of sp³-hybridized carbons (Fsp3) is 0.923. The zero-order valence-electron chi connectivity index (χ0n) is 10.6. The zero-order valence-corrected chi connectivity index (χ0v) is 10.6. The number of carbonyl (C=O) groups is 1. The molecule has 0 radical (unpaired) electrons. The van der Waals surface area contributed by atoms with E-state index in [1.54, 1.807) is 0 Å². The SMILES string of the molecule is CCCCNC1CCC(C(=O)OCC)CC1. The summed E-state index contributed by atoms with van der Waals surface area (Å²) in [7, 11) is 0. The van der Waals surface area contributed by atoms with Crippen molar-refractivity contribution < 1.29 is 9.53 Å². The van der Waals surface area contributed by atoms with E-state index >= 15 is 0 Å². The van der Waals surface area contributed by atoms with E-state index in [1.807, 2.05) is 6.92 Å². The number of rotatable bonds is 6. The van der Waals surface area contributed by atoms with Crippen molar-refractivity contribution in [1.82, 2.24) is 5.32 Å². The van der Waals surface area contributed by atoms with Gasteiger partial charge < -0.3 is 10.1 Å². The summed E-state index contributed by atoms with van der Waals surface area (Å²) in [5.41, 5.74) is 0. The predicted molar refractivity (Wildman–Crippen MR) is 65.3 cm³/mol. The number of nitrogens with one attached hydrogen (secondary N) is 1. The molecule has 0 spiro atoms. The highest BCUT2D eigenvalue weighted by Gasteiger charge is 2.26. The molecule has 16 heavy (non-hydrogen) atoms. The Bertz CT molecular complexity index is 198. The van der Waals surface area contributed by atoms with Gasteiger partial charge in [-0.3, -0.25) is 4.79 Å². The molecule has 1 aliphatic rings. The zero-order chi connectivity index (χ0) is 11.8. The Morgan fingerprint density at radius 1 is 1.25 bits per heavy atom. The second-order valence-electron chi connectivity index (χ2n) is 4.61. The summed E-state index contributed by atoms with van der Waals surface area (Å²) in [6.07, 6.45) is 6.70. The van der Waals surface area contributed by atoms with Crippen molar-refractivity contribution in [2.75, 3.05) is 13.2 Å². The first kappa shape index (κ1) is 13.5. The molecule has 0 saturated heterocycles. The van der Waals surface area contributed by atoms with Crippen LogP contribution >= 0.6 is 0 Å². The van der Waals surface area contributed by atoms with Gasteiger partial charge in [0.05, 0.1) is 12.5 Å². The minimum absolute atomic E-state index is 0.00880. The van der Waals surface area contributed by atoms with Gasteiger partial charge in [-0.15, -0.1) is 0 Å². The smallest absolute Gasteiger partial charge is 0.308 e. The first-order valence-corrected chi connectivity index (χ1v) is 6.68. The second-order valence-corrected chi connectivity index (χ2v) is 4.61. The summed E-state index contributed by atoms with van der Waals surface area (Å²) in [6, 6.07) is 0.622. The maximum Gasteiger partial charge on any atom is 0.308 e. The van der Waals surface area contributed by atoms with Crippen molar-refractivity contribution in [3.63, 3.8) is 0 Å². The summed E-state index contributed by atoms with van der Waals surface area (Å²) in [5.74, 6) is 0.165. The lowest BCUT2D eigenvalue weighted by Gasteiger charge is -2.27. The Hall–Kier alpha value is -0.570. The molecule has 1 rings (SSSR count). The molecule has 0 heterocycles. The van der Waals surface area contributed by atoms with Crippen LogP contribution in [0, 0.1) is 5.92 Å². The number of esters is 1. The molecule has 1 fully saturated rings. The minimum Gasteiger partial charge on any atom is -0.466 e. The van der Waals surface area contributed by atoms with Crippen LogP contribution in [0.3, 0.4) is 0 Å². The van der Waals surface area contributed by atoms with Gasteiger partial charge in [0.2, 0.25) is 0 Å². The predicted octanol–water partition coefficient (Wildman–Crippen LogP) is 2.50. The molecule has 0 aromatic heterocycles. The summed E-state index contributed by atoms with van der Waals surface area (Å²) in [6.45, 7) is 5.70. The van der Waals surface area contributed by atoms with Crippen molar-refractivity contribution in [2.24, 2.45) is 5.92 Å². The maximum absolute atomic E-state index is 11.5. The van der Waals surface area contributed by atoms with E-state index in [0.717, 1.165) is 32.2 Å². The molecule has 0 atom stereocenters. The van der Waals surface area contributed by atoms with Crippen LogP contribution in [-0.4, -0.2) is 25.2 Å². The summed E-state index contributed by atoms with van der Waals surface area (Å²) < 4.78 is 5.06. The lowest BCUT2D eigenvalue weighted by Crippen LogP contribution is -2.35. The van der Waals surface area contributed by atoms with Crippen LogP contribution in [0.5, 0.6) is 0 Å². The fourth-order valence-corrected chi connectivity index (χ4v) is 2.28. The van der Waals surface area contributed by atoms with E-state index < -0.39 is 0 Å². The van der Waals surface area contributed by atoms with Gasteiger partial charge in [0, 0.05) is 6.04 Å². The third-order valence-corrected chi connectivity index (χ3v) is 3.31. The number of ether oxygens (including phenoxy) is 1. The molecule has 1 N–H and O–H groups in total. The van der Waals surface area contributed by atoms with Crippen LogP contribution in [0.15, 0.2) is 0 Å². The summed E-state index contributed by atoms with van der Waals surface area (Å²) in [4.78, 5) is 11.5. The average molecular weight is 227 g/mol. The quantitative estimate of drug-likeness (QED) is 0.559. The van der Waals surface area contributed by atoms with E-state index in [-0.39, 0.29) is 11.9 Å². The van der Waals surface area contributed by atoms with Crippen LogP contribution < -0.4 is 5.32 Å². The number of hydrogen-bond acceptors (Lipinski definition) is 3. The van der Waals surface area contributed by atoms with Gasteiger partial charge in [0.1, 0.15) is 0 Å². The van der Waals surface area contributed by atoms with Gasteiger partial charge in [-0.2, -0.15) is 0 Å². The average Bonchev–Trinajstić information content (AvgIpc) is 2.30. The number of unbranched alkanes of at least 4 members (excludes halogenated alkanes) is 1. The summed E-state index contributed by atoms with van der Waals surface area (Å²) in [5, 5.41) is 3.56. The van der Waals surface area contributed by atoms with E-state index in [0.29, 0.717) is 12.6 Å². The van der Waals surface area contributed by atoms with Crippen molar-refractivity contribution in [3.05, 3.63) is 0 Å². The van der Waals surface area contributed by atoms with Crippen molar-refractivity contribution in [2.45, 2.75) is 58.4 Å². The van der Waals surface area contributed by atoms with Crippen molar-refractivity contribution in [1.29, 1.82) is 0 Å². The van der Waals surface area contributed by atoms with Crippen LogP contribution in [0.4, 0.5) is 0 Å². The third kappa shape index (κ3) is 4.52. The van der Waals surface area contributed by atoms with Gasteiger partial charge in [-0.05, 0) is 45.6 Å². The minimum atomic E-state index is 0.00880. The number of hydrogen-bond donors (Lipinski definition) is 1. The van der Waals surface area contributed by atoms with Gasteiger partial charge in [0.25, 0.3) is 0 Å². The first-order valence-electron chi connectivity index (χ1n) is 6.68.